The van der Waals surface area contributed by atoms with Crippen LogP contribution in [0.5, 0.6) is 0 Å². The number of aromatic nitrogens is 2. The van der Waals surface area contributed by atoms with Gasteiger partial charge >= 0.3 is 0 Å². The zero-order valence-electron chi connectivity index (χ0n) is 13.6. The molecule has 0 spiro atoms. The van der Waals surface area contributed by atoms with E-state index >= 15 is 0 Å². The van der Waals surface area contributed by atoms with E-state index in [4.69, 9.17) is 0 Å². The fourth-order valence-corrected chi connectivity index (χ4v) is 1.95. The Labute approximate surface area is 127 Å². The number of nitrogens with zero attached hydrogens (tertiary/aromatic N) is 2. The minimum atomic E-state index is 0.330. The average molecular weight is 296 g/mol. The first-order valence-electron chi connectivity index (χ1n) is 7.38. The summed E-state index contributed by atoms with van der Waals surface area (Å²) in [6, 6.07) is 0. The smallest absolute Gasteiger partial charge is 0.135 e. The van der Waals surface area contributed by atoms with E-state index in [0.717, 1.165) is 42.5 Å². The minimum Gasteiger partial charge on any atom is -0.370 e. The van der Waals surface area contributed by atoms with Crippen molar-refractivity contribution < 1.29 is 0 Å². The Kier molecular flexibility index (Phi) is 7.13. The molecule has 1 atom stereocenters. The summed E-state index contributed by atoms with van der Waals surface area (Å²) < 4.78 is 0. The fourth-order valence-electron chi connectivity index (χ4n) is 1.70. The Morgan fingerprint density at radius 1 is 1.10 bits per heavy atom. The Morgan fingerprint density at radius 2 is 1.70 bits per heavy atom. The lowest BCUT2D eigenvalue weighted by Gasteiger charge is -2.17. The molecule has 0 aliphatic rings. The van der Waals surface area contributed by atoms with Crippen LogP contribution in [0, 0.1) is 6.92 Å². The summed E-state index contributed by atoms with van der Waals surface area (Å²) in [6.45, 7) is 12.6. The maximum absolute atomic E-state index is 4.68. The highest BCUT2D eigenvalue weighted by atomic mass is 32.2. The normalized spacial score (nSPS) is 12.6. The van der Waals surface area contributed by atoms with Gasteiger partial charge in [0.2, 0.25) is 0 Å². The minimum absolute atomic E-state index is 0.330. The lowest BCUT2D eigenvalue weighted by atomic mass is 10.2. The molecular weight excluding hydrogens is 268 g/mol. The summed E-state index contributed by atoms with van der Waals surface area (Å²) in [5, 5.41) is 7.44. The largest absolute Gasteiger partial charge is 0.370 e. The first-order chi connectivity index (χ1) is 9.49. The van der Waals surface area contributed by atoms with Crippen LogP contribution in [0.25, 0.3) is 0 Å². The SMILES string of the molecule is CCCNc1nc(C(C)C)nc(NCC(C)SC)c1C. The highest BCUT2D eigenvalue weighted by Crippen LogP contribution is 2.23. The molecule has 1 heterocycles. The molecule has 4 nitrogen and oxygen atoms in total. The van der Waals surface area contributed by atoms with E-state index in [-0.39, 0.29) is 0 Å². The van der Waals surface area contributed by atoms with E-state index < -0.39 is 0 Å². The lowest BCUT2D eigenvalue weighted by molar-refractivity contribution is 0.770. The Hall–Kier alpha value is -0.970. The standard InChI is InChI=1S/C15H28N4S/c1-7-8-16-14-12(5)15(17-9-11(4)20-6)19-13(18-14)10(2)3/h10-11H,7-9H2,1-6H3,(H2,16,17,18,19). The van der Waals surface area contributed by atoms with Crippen LogP contribution < -0.4 is 10.6 Å². The van der Waals surface area contributed by atoms with Gasteiger partial charge in [-0.2, -0.15) is 11.8 Å². The molecular formula is C15H28N4S. The highest BCUT2D eigenvalue weighted by Gasteiger charge is 2.13. The molecule has 0 saturated heterocycles. The summed E-state index contributed by atoms with van der Waals surface area (Å²) in [5.74, 6) is 3.15. The molecule has 2 N–H and O–H groups in total. The van der Waals surface area contributed by atoms with E-state index in [1.165, 1.54) is 0 Å². The van der Waals surface area contributed by atoms with Crippen LogP contribution in [0.3, 0.4) is 0 Å². The van der Waals surface area contributed by atoms with Crippen molar-refractivity contribution >= 4 is 23.4 Å². The maximum atomic E-state index is 4.68. The van der Waals surface area contributed by atoms with Gasteiger partial charge in [0, 0.05) is 29.8 Å². The van der Waals surface area contributed by atoms with Gasteiger partial charge in [-0.15, -0.1) is 0 Å². The van der Waals surface area contributed by atoms with Gasteiger partial charge in [0.15, 0.2) is 0 Å². The number of hydrogen-bond acceptors (Lipinski definition) is 5. The molecule has 0 amide bonds. The quantitative estimate of drug-likeness (QED) is 0.762. The summed E-state index contributed by atoms with van der Waals surface area (Å²) in [4.78, 5) is 9.33. The van der Waals surface area contributed by atoms with Crippen LogP contribution in [0.2, 0.25) is 0 Å². The molecule has 1 aromatic rings. The van der Waals surface area contributed by atoms with Crippen molar-refractivity contribution in [3.05, 3.63) is 11.4 Å². The molecule has 0 radical (unpaired) electrons. The predicted octanol–water partition coefficient (Wildman–Crippen LogP) is 3.89. The van der Waals surface area contributed by atoms with Gasteiger partial charge in [0.25, 0.3) is 0 Å². The van der Waals surface area contributed by atoms with Crippen LogP contribution in [0.1, 0.15) is 51.4 Å². The van der Waals surface area contributed by atoms with Crippen LogP contribution >= 0.6 is 11.8 Å². The van der Waals surface area contributed by atoms with Crippen LogP contribution in [-0.4, -0.2) is 34.6 Å². The van der Waals surface area contributed by atoms with E-state index in [0.29, 0.717) is 11.2 Å². The summed E-state index contributed by atoms with van der Waals surface area (Å²) in [5.41, 5.74) is 1.11. The lowest BCUT2D eigenvalue weighted by Crippen LogP contribution is -2.17. The number of rotatable bonds is 8. The third-order valence-corrected chi connectivity index (χ3v) is 4.15. The summed E-state index contributed by atoms with van der Waals surface area (Å²) >= 11 is 1.86. The van der Waals surface area contributed by atoms with Gasteiger partial charge in [-0.1, -0.05) is 27.7 Å². The maximum Gasteiger partial charge on any atom is 0.135 e. The van der Waals surface area contributed by atoms with Crippen LogP contribution in [0.15, 0.2) is 0 Å². The molecule has 20 heavy (non-hydrogen) atoms. The molecule has 0 saturated carbocycles. The first-order valence-corrected chi connectivity index (χ1v) is 8.67. The molecule has 0 bridgehead atoms. The Balaban J connectivity index is 2.98. The van der Waals surface area contributed by atoms with Gasteiger partial charge in [-0.3, -0.25) is 0 Å². The van der Waals surface area contributed by atoms with Crippen molar-refractivity contribution in [2.75, 3.05) is 30.0 Å². The monoisotopic (exact) mass is 296 g/mol. The van der Waals surface area contributed by atoms with Crippen molar-refractivity contribution in [3.63, 3.8) is 0 Å². The molecule has 0 fully saturated rings. The Morgan fingerprint density at radius 3 is 2.20 bits per heavy atom. The third-order valence-electron chi connectivity index (χ3n) is 3.18. The molecule has 0 aromatic carbocycles. The predicted molar refractivity (Wildman–Crippen MR) is 91.1 cm³/mol. The van der Waals surface area contributed by atoms with Crippen molar-refractivity contribution in [1.82, 2.24) is 9.97 Å². The zero-order chi connectivity index (χ0) is 15.1. The van der Waals surface area contributed by atoms with Gasteiger partial charge in [-0.25, -0.2) is 9.97 Å². The molecule has 5 heteroatoms. The molecule has 0 aliphatic heterocycles. The van der Waals surface area contributed by atoms with E-state index in [9.17, 15) is 0 Å². The molecule has 1 unspecified atom stereocenters. The second kappa shape index (κ2) is 8.35. The second-order valence-electron chi connectivity index (χ2n) is 5.41. The van der Waals surface area contributed by atoms with E-state index in [2.05, 4.69) is 61.5 Å². The average Bonchev–Trinajstić information content (AvgIpc) is 2.44. The summed E-state index contributed by atoms with van der Waals surface area (Å²) in [7, 11) is 0. The van der Waals surface area contributed by atoms with Crippen molar-refractivity contribution in [2.24, 2.45) is 0 Å². The zero-order valence-corrected chi connectivity index (χ0v) is 14.4. The van der Waals surface area contributed by atoms with Crippen LogP contribution in [0.4, 0.5) is 11.6 Å². The van der Waals surface area contributed by atoms with Crippen molar-refractivity contribution in [1.29, 1.82) is 0 Å². The van der Waals surface area contributed by atoms with E-state index in [1.807, 2.05) is 11.8 Å². The number of nitrogens with one attached hydrogen (secondary N) is 2. The van der Waals surface area contributed by atoms with Crippen molar-refractivity contribution in [2.45, 2.75) is 52.2 Å². The first kappa shape index (κ1) is 17.1. The number of hydrogen-bond donors (Lipinski definition) is 2. The van der Waals surface area contributed by atoms with Gasteiger partial charge in [0.1, 0.15) is 17.5 Å². The van der Waals surface area contributed by atoms with Crippen molar-refractivity contribution in [3.8, 4) is 0 Å². The highest BCUT2D eigenvalue weighted by molar-refractivity contribution is 7.99. The summed E-state index contributed by atoms with van der Waals surface area (Å²) in [6.07, 6.45) is 3.22. The topological polar surface area (TPSA) is 49.8 Å². The van der Waals surface area contributed by atoms with Gasteiger partial charge < -0.3 is 10.6 Å². The Bertz CT molecular complexity index is 421. The molecule has 1 aromatic heterocycles. The van der Waals surface area contributed by atoms with Gasteiger partial charge in [0.05, 0.1) is 0 Å². The van der Waals surface area contributed by atoms with E-state index in [1.54, 1.807) is 0 Å². The van der Waals surface area contributed by atoms with Crippen LogP contribution in [-0.2, 0) is 0 Å². The second-order valence-corrected chi connectivity index (χ2v) is 6.69. The number of thioether (sulfide) groups is 1. The number of anilines is 2. The van der Waals surface area contributed by atoms with Gasteiger partial charge in [-0.05, 0) is 19.6 Å². The molecule has 0 aliphatic carbocycles. The molecule has 114 valence electrons. The third kappa shape index (κ3) is 4.85. The fraction of sp³-hybridized carbons (Fsp3) is 0.733. The molecule has 1 rings (SSSR count).